The highest BCUT2D eigenvalue weighted by molar-refractivity contribution is 5.77. The summed E-state index contributed by atoms with van der Waals surface area (Å²) in [5.41, 5.74) is 0.772. The average Bonchev–Trinajstić information content (AvgIpc) is 3.24. The minimum absolute atomic E-state index is 0.121. The van der Waals surface area contributed by atoms with Gasteiger partial charge < -0.3 is 19.3 Å². The van der Waals surface area contributed by atoms with Gasteiger partial charge in [0.2, 0.25) is 5.91 Å². The predicted molar refractivity (Wildman–Crippen MR) is 92.4 cm³/mol. The minimum atomic E-state index is -0.150. The lowest BCUT2D eigenvalue weighted by Crippen LogP contribution is -2.65. The molecule has 1 amide bonds. The van der Waals surface area contributed by atoms with Crippen molar-refractivity contribution in [1.29, 1.82) is 0 Å². The molecule has 3 fully saturated rings. The van der Waals surface area contributed by atoms with Gasteiger partial charge in [0, 0.05) is 25.6 Å². The molecule has 3 saturated heterocycles. The summed E-state index contributed by atoms with van der Waals surface area (Å²) < 4.78 is 11.8. The third-order valence-electron chi connectivity index (χ3n) is 5.63. The third kappa shape index (κ3) is 3.35. The van der Waals surface area contributed by atoms with Gasteiger partial charge in [-0.15, -0.1) is 5.10 Å². The van der Waals surface area contributed by atoms with Crippen molar-refractivity contribution in [3.05, 3.63) is 17.8 Å². The summed E-state index contributed by atoms with van der Waals surface area (Å²) in [6.07, 6.45) is 3.22. The summed E-state index contributed by atoms with van der Waals surface area (Å²) in [5.74, 6) is 1.36. The van der Waals surface area contributed by atoms with Gasteiger partial charge in [-0.3, -0.25) is 4.79 Å². The molecule has 0 radical (unpaired) electrons. The molecule has 0 aromatic carbocycles. The summed E-state index contributed by atoms with van der Waals surface area (Å²) in [4.78, 5) is 16.2. The molecule has 0 bridgehead atoms. The van der Waals surface area contributed by atoms with E-state index in [-0.39, 0.29) is 18.1 Å². The molecule has 25 heavy (non-hydrogen) atoms. The van der Waals surface area contributed by atoms with E-state index in [0.717, 1.165) is 63.6 Å². The minimum Gasteiger partial charge on any atom is -0.371 e. The number of carbonyl (C=O) groups excluding carboxylic acids is 1. The van der Waals surface area contributed by atoms with Crippen LogP contribution in [0.4, 0.5) is 5.82 Å². The van der Waals surface area contributed by atoms with Crippen LogP contribution in [-0.2, 0) is 14.3 Å². The first-order chi connectivity index (χ1) is 12.2. The van der Waals surface area contributed by atoms with Crippen LogP contribution >= 0.6 is 0 Å². The maximum Gasteiger partial charge on any atom is 0.248 e. The zero-order valence-corrected chi connectivity index (χ0v) is 14.8. The Bertz CT molecular complexity index is 609. The van der Waals surface area contributed by atoms with Crippen molar-refractivity contribution in [2.75, 3.05) is 50.9 Å². The first-order valence-corrected chi connectivity index (χ1v) is 9.21. The molecule has 1 unspecified atom stereocenters. The van der Waals surface area contributed by atoms with Crippen molar-refractivity contribution in [2.45, 2.75) is 31.8 Å². The Kier molecular flexibility index (Phi) is 4.60. The number of rotatable bonds is 5. The number of anilines is 1. The van der Waals surface area contributed by atoms with Crippen LogP contribution in [0.3, 0.4) is 0 Å². The Balaban J connectivity index is 1.27. The quantitative estimate of drug-likeness (QED) is 0.793. The molecule has 4 rings (SSSR count). The zero-order chi connectivity index (χ0) is 17.3. The van der Waals surface area contributed by atoms with Gasteiger partial charge in [0.15, 0.2) is 5.82 Å². The molecular formula is C18H26N4O3. The highest BCUT2D eigenvalue weighted by atomic mass is 16.5. The number of aryl methyl sites for hydroxylation is 1. The van der Waals surface area contributed by atoms with E-state index < -0.39 is 0 Å². The van der Waals surface area contributed by atoms with E-state index in [9.17, 15) is 4.79 Å². The lowest BCUT2D eigenvalue weighted by molar-refractivity contribution is -0.136. The second kappa shape index (κ2) is 6.88. The van der Waals surface area contributed by atoms with Crippen LogP contribution in [0.5, 0.6) is 0 Å². The third-order valence-corrected chi connectivity index (χ3v) is 5.63. The predicted octanol–water partition coefficient (Wildman–Crippen LogP) is 1.02. The van der Waals surface area contributed by atoms with Crippen LogP contribution in [0.15, 0.2) is 12.1 Å². The van der Waals surface area contributed by atoms with E-state index in [1.165, 1.54) is 0 Å². The van der Waals surface area contributed by atoms with Crippen molar-refractivity contribution in [2.24, 2.45) is 5.92 Å². The van der Waals surface area contributed by atoms with Crippen LogP contribution in [0.1, 0.15) is 25.0 Å². The van der Waals surface area contributed by atoms with Gasteiger partial charge in [-0.25, -0.2) is 0 Å². The number of ether oxygens (including phenoxy) is 2. The van der Waals surface area contributed by atoms with E-state index in [2.05, 4.69) is 15.1 Å². The summed E-state index contributed by atoms with van der Waals surface area (Å²) in [5, 5.41) is 8.37. The Morgan fingerprint density at radius 1 is 1.32 bits per heavy atom. The number of amides is 1. The molecule has 1 spiro atoms. The van der Waals surface area contributed by atoms with Crippen molar-refractivity contribution in [1.82, 2.24) is 15.1 Å². The molecule has 4 heterocycles. The highest BCUT2D eigenvalue weighted by Crippen LogP contribution is 2.41. The molecule has 0 saturated carbocycles. The van der Waals surface area contributed by atoms with Crippen LogP contribution in [-0.4, -0.2) is 72.6 Å². The van der Waals surface area contributed by atoms with Gasteiger partial charge in [0.05, 0.1) is 25.4 Å². The largest absolute Gasteiger partial charge is 0.371 e. The standard InChI is InChI=1S/C18H26N4O3/c1-14-4-5-16(20-19-14)22-12-18(13-22)15(6-9-25-18)10-24-11-17(23)21-7-2-3-8-21/h4-5,15H,2-3,6-13H2,1H3. The number of aromatic nitrogens is 2. The molecule has 3 aliphatic rings. The summed E-state index contributed by atoms with van der Waals surface area (Å²) in [7, 11) is 0. The van der Waals surface area contributed by atoms with Crippen LogP contribution in [0.2, 0.25) is 0 Å². The first kappa shape index (κ1) is 16.7. The average molecular weight is 346 g/mol. The van der Waals surface area contributed by atoms with Gasteiger partial charge in [-0.2, -0.15) is 5.10 Å². The molecule has 1 aromatic heterocycles. The van der Waals surface area contributed by atoms with E-state index >= 15 is 0 Å². The fourth-order valence-corrected chi connectivity index (χ4v) is 4.04. The highest BCUT2D eigenvalue weighted by Gasteiger charge is 2.53. The van der Waals surface area contributed by atoms with Gasteiger partial charge in [-0.05, 0) is 38.3 Å². The molecule has 0 N–H and O–H groups in total. The topological polar surface area (TPSA) is 67.8 Å². The normalized spacial score (nSPS) is 24.8. The first-order valence-electron chi connectivity index (χ1n) is 9.21. The molecule has 0 aliphatic carbocycles. The lowest BCUT2D eigenvalue weighted by Gasteiger charge is -2.50. The smallest absolute Gasteiger partial charge is 0.248 e. The molecule has 7 nitrogen and oxygen atoms in total. The molecule has 136 valence electrons. The van der Waals surface area contributed by atoms with Crippen molar-refractivity contribution in [3.63, 3.8) is 0 Å². The van der Waals surface area contributed by atoms with Crippen LogP contribution in [0.25, 0.3) is 0 Å². The number of hydrogen-bond acceptors (Lipinski definition) is 6. The Morgan fingerprint density at radius 3 is 2.84 bits per heavy atom. The Morgan fingerprint density at radius 2 is 2.12 bits per heavy atom. The monoisotopic (exact) mass is 346 g/mol. The summed E-state index contributed by atoms with van der Waals surface area (Å²) >= 11 is 0. The lowest BCUT2D eigenvalue weighted by atomic mass is 9.81. The van der Waals surface area contributed by atoms with E-state index in [0.29, 0.717) is 12.5 Å². The van der Waals surface area contributed by atoms with Gasteiger partial charge in [0.1, 0.15) is 12.2 Å². The molecule has 3 aliphatic heterocycles. The SMILES string of the molecule is Cc1ccc(N2CC3(C2)OCCC3COCC(=O)N2CCCC2)nn1. The Hall–Kier alpha value is -1.73. The number of hydrogen-bond donors (Lipinski definition) is 0. The zero-order valence-electron chi connectivity index (χ0n) is 14.8. The van der Waals surface area contributed by atoms with Crippen LogP contribution in [0, 0.1) is 12.8 Å². The number of likely N-dealkylation sites (tertiary alicyclic amines) is 1. The maximum absolute atomic E-state index is 12.1. The van der Waals surface area contributed by atoms with Crippen molar-refractivity contribution in [3.8, 4) is 0 Å². The number of nitrogens with zero attached hydrogens (tertiary/aromatic N) is 4. The molecule has 1 atom stereocenters. The van der Waals surface area contributed by atoms with Gasteiger partial charge >= 0.3 is 0 Å². The second-order valence-electron chi connectivity index (χ2n) is 7.39. The number of carbonyl (C=O) groups is 1. The fraction of sp³-hybridized carbons (Fsp3) is 0.722. The molecule has 1 aromatic rings. The van der Waals surface area contributed by atoms with Gasteiger partial charge in [-0.1, -0.05) is 0 Å². The van der Waals surface area contributed by atoms with Crippen LogP contribution < -0.4 is 4.90 Å². The van der Waals surface area contributed by atoms with E-state index in [4.69, 9.17) is 9.47 Å². The maximum atomic E-state index is 12.1. The van der Waals surface area contributed by atoms with E-state index in [1.54, 1.807) is 0 Å². The summed E-state index contributed by atoms with van der Waals surface area (Å²) in [6, 6.07) is 3.98. The van der Waals surface area contributed by atoms with E-state index in [1.807, 2.05) is 24.0 Å². The summed E-state index contributed by atoms with van der Waals surface area (Å²) in [6.45, 7) is 6.88. The molecular weight excluding hydrogens is 320 g/mol. The van der Waals surface area contributed by atoms with Crippen molar-refractivity contribution >= 4 is 11.7 Å². The fourth-order valence-electron chi connectivity index (χ4n) is 4.04. The van der Waals surface area contributed by atoms with Gasteiger partial charge in [0.25, 0.3) is 0 Å². The Labute approximate surface area is 148 Å². The van der Waals surface area contributed by atoms with Crippen molar-refractivity contribution < 1.29 is 14.3 Å². The second-order valence-corrected chi connectivity index (χ2v) is 7.39. The molecule has 7 heteroatoms.